The molecule has 1 unspecified atom stereocenters. The molecule has 1 N–H and O–H groups in total. The van der Waals surface area contributed by atoms with Crippen molar-refractivity contribution in [3.05, 3.63) is 41.4 Å². The maximum absolute atomic E-state index is 12.8. The van der Waals surface area contributed by atoms with Crippen molar-refractivity contribution in [2.24, 2.45) is 5.92 Å². The Morgan fingerprint density at radius 2 is 1.90 bits per heavy atom. The van der Waals surface area contributed by atoms with Gasteiger partial charge >= 0.3 is 0 Å². The number of aromatic nitrogens is 1. The van der Waals surface area contributed by atoms with Gasteiger partial charge in [-0.1, -0.05) is 25.0 Å². The lowest BCUT2D eigenvalue weighted by Gasteiger charge is -2.30. The SMILES string of the molecule is O=C(NCc1ccc(N2CCCCCC2)nc1)C1CCCN(S(=O)(=O)c2cccs2)C1. The quantitative estimate of drug-likeness (QED) is 0.713. The number of piperidine rings is 1. The van der Waals surface area contributed by atoms with E-state index >= 15 is 0 Å². The van der Waals surface area contributed by atoms with Crippen LogP contribution in [0.3, 0.4) is 0 Å². The van der Waals surface area contributed by atoms with Gasteiger partial charge in [0.25, 0.3) is 10.0 Å². The number of carbonyl (C=O) groups is 1. The van der Waals surface area contributed by atoms with Gasteiger partial charge in [-0.2, -0.15) is 4.31 Å². The molecule has 1 atom stereocenters. The second-order valence-electron chi connectivity index (χ2n) is 8.28. The molecule has 0 aliphatic carbocycles. The van der Waals surface area contributed by atoms with Gasteiger partial charge in [-0.3, -0.25) is 4.79 Å². The van der Waals surface area contributed by atoms with Gasteiger partial charge in [0.05, 0.1) is 5.92 Å². The topological polar surface area (TPSA) is 82.6 Å². The van der Waals surface area contributed by atoms with Crippen LogP contribution in [-0.2, 0) is 21.4 Å². The van der Waals surface area contributed by atoms with Crippen molar-refractivity contribution < 1.29 is 13.2 Å². The third-order valence-electron chi connectivity index (χ3n) is 6.05. The van der Waals surface area contributed by atoms with Crippen molar-refractivity contribution in [2.45, 2.75) is 49.3 Å². The number of thiophene rings is 1. The highest BCUT2D eigenvalue weighted by molar-refractivity contribution is 7.91. The van der Waals surface area contributed by atoms with Crippen LogP contribution in [0.2, 0.25) is 0 Å². The fourth-order valence-corrected chi connectivity index (χ4v) is 6.92. The first-order chi connectivity index (χ1) is 15.0. The lowest BCUT2D eigenvalue weighted by atomic mass is 9.99. The molecule has 4 heterocycles. The van der Waals surface area contributed by atoms with Gasteiger partial charge in [0.1, 0.15) is 10.0 Å². The van der Waals surface area contributed by atoms with Crippen LogP contribution in [0, 0.1) is 5.92 Å². The summed E-state index contributed by atoms with van der Waals surface area (Å²) in [6.07, 6.45) is 8.21. The standard InChI is InChI=1S/C22H30N4O3S2/c27-22(19-7-5-13-26(17-19)31(28,29)21-8-6-14-30-21)24-16-18-9-10-20(23-15-18)25-11-3-1-2-4-12-25/h6,8-10,14-15,19H,1-5,7,11-13,16-17H2,(H,24,27). The van der Waals surface area contributed by atoms with Crippen molar-refractivity contribution in [2.75, 3.05) is 31.1 Å². The third-order valence-corrected chi connectivity index (χ3v) is 9.29. The highest BCUT2D eigenvalue weighted by atomic mass is 32.2. The Balaban J connectivity index is 1.31. The Labute approximate surface area is 188 Å². The molecule has 2 aromatic heterocycles. The molecule has 2 aromatic rings. The monoisotopic (exact) mass is 462 g/mol. The Morgan fingerprint density at radius 3 is 2.58 bits per heavy atom. The van der Waals surface area contributed by atoms with Gasteiger partial charge in [0.15, 0.2) is 0 Å². The predicted octanol–water partition coefficient (Wildman–Crippen LogP) is 3.24. The Hall–Kier alpha value is -1.97. The smallest absolute Gasteiger partial charge is 0.252 e. The summed E-state index contributed by atoms with van der Waals surface area (Å²) in [7, 11) is -3.51. The Kier molecular flexibility index (Phi) is 7.24. The fraction of sp³-hybridized carbons (Fsp3) is 0.545. The van der Waals surface area contributed by atoms with Gasteiger partial charge in [-0.25, -0.2) is 13.4 Å². The van der Waals surface area contributed by atoms with E-state index in [1.165, 1.54) is 41.3 Å². The van der Waals surface area contributed by atoms with E-state index in [1.807, 2.05) is 18.3 Å². The lowest BCUT2D eigenvalue weighted by Crippen LogP contribution is -2.45. The molecule has 2 aliphatic heterocycles. The first kappa shape index (κ1) is 22.2. The zero-order valence-corrected chi connectivity index (χ0v) is 19.3. The highest BCUT2D eigenvalue weighted by Crippen LogP contribution is 2.26. The molecule has 0 spiro atoms. The number of pyridine rings is 1. The number of hydrogen-bond donors (Lipinski definition) is 1. The lowest BCUT2D eigenvalue weighted by molar-refractivity contribution is -0.126. The van der Waals surface area contributed by atoms with E-state index in [1.54, 1.807) is 17.5 Å². The van der Waals surface area contributed by atoms with Crippen LogP contribution < -0.4 is 10.2 Å². The van der Waals surface area contributed by atoms with E-state index in [0.717, 1.165) is 24.5 Å². The van der Waals surface area contributed by atoms with Crippen LogP contribution in [0.5, 0.6) is 0 Å². The van der Waals surface area contributed by atoms with Gasteiger partial charge in [-0.15, -0.1) is 11.3 Å². The average Bonchev–Trinajstić information content (AvgIpc) is 3.22. The summed E-state index contributed by atoms with van der Waals surface area (Å²) < 4.78 is 27.3. The summed E-state index contributed by atoms with van der Waals surface area (Å²) >= 11 is 1.21. The molecule has 4 rings (SSSR count). The maximum Gasteiger partial charge on any atom is 0.252 e. The van der Waals surface area contributed by atoms with Crippen LogP contribution in [0.4, 0.5) is 5.82 Å². The summed E-state index contributed by atoms with van der Waals surface area (Å²) in [5, 5.41) is 4.73. The molecule has 0 saturated carbocycles. The highest BCUT2D eigenvalue weighted by Gasteiger charge is 2.33. The van der Waals surface area contributed by atoms with Crippen LogP contribution >= 0.6 is 11.3 Å². The van der Waals surface area contributed by atoms with Gasteiger partial charge < -0.3 is 10.2 Å². The average molecular weight is 463 g/mol. The van der Waals surface area contributed by atoms with E-state index in [9.17, 15) is 13.2 Å². The molecule has 1 amide bonds. The molecular weight excluding hydrogens is 432 g/mol. The maximum atomic E-state index is 12.8. The first-order valence-electron chi connectivity index (χ1n) is 11.1. The van der Waals surface area contributed by atoms with Crippen molar-refractivity contribution >= 4 is 33.1 Å². The summed E-state index contributed by atoms with van der Waals surface area (Å²) in [6, 6.07) is 7.40. The Bertz CT molecular complexity index is 953. The number of carbonyl (C=O) groups excluding carboxylic acids is 1. The van der Waals surface area contributed by atoms with E-state index in [-0.39, 0.29) is 18.4 Å². The number of rotatable bonds is 6. The van der Waals surface area contributed by atoms with E-state index in [2.05, 4.69) is 15.2 Å². The summed E-state index contributed by atoms with van der Waals surface area (Å²) in [4.78, 5) is 19.7. The number of nitrogens with zero attached hydrogens (tertiary/aromatic N) is 3. The van der Waals surface area contributed by atoms with Crippen molar-refractivity contribution in [3.8, 4) is 0 Å². The van der Waals surface area contributed by atoms with Crippen molar-refractivity contribution in [3.63, 3.8) is 0 Å². The third kappa shape index (κ3) is 5.45. The number of amides is 1. The second kappa shape index (κ2) is 10.1. The number of hydrogen-bond acceptors (Lipinski definition) is 6. The van der Waals surface area contributed by atoms with Crippen molar-refractivity contribution in [1.82, 2.24) is 14.6 Å². The number of nitrogens with one attached hydrogen (secondary N) is 1. The first-order valence-corrected chi connectivity index (χ1v) is 13.4. The molecule has 0 aromatic carbocycles. The minimum atomic E-state index is -3.51. The summed E-state index contributed by atoms with van der Waals surface area (Å²) in [5.74, 6) is 0.578. The normalized spacial score (nSPS) is 20.9. The van der Waals surface area contributed by atoms with Gasteiger partial charge in [0, 0.05) is 38.9 Å². The van der Waals surface area contributed by atoms with Crippen LogP contribution in [0.15, 0.2) is 40.1 Å². The number of sulfonamides is 1. The molecule has 7 nitrogen and oxygen atoms in total. The summed E-state index contributed by atoms with van der Waals surface area (Å²) in [5.41, 5.74) is 0.950. The van der Waals surface area contributed by atoms with Crippen LogP contribution in [0.25, 0.3) is 0 Å². The zero-order valence-electron chi connectivity index (χ0n) is 17.7. The molecule has 0 bridgehead atoms. The predicted molar refractivity (Wildman–Crippen MR) is 123 cm³/mol. The molecule has 9 heteroatoms. The minimum absolute atomic E-state index is 0.0947. The van der Waals surface area contributed by atoms with E-state index < -0.39 is 10.0 Å². The van der Waals surface area contributed by atoms with Crippen LogP contribution in [-0.4, -0.2) is 49.8 Å². The number of anilines is 1. The second-order valence-corrected chi connectivity index (χ2v) is 11.4. The minimum Gasteiger partial charge on any atom is -0.357 e. The molecule has 168 valence electrons. The van der Waals surface area contributed by atoms with E-state index in [0.29, 0.717) is 30.1 Å². The largest absolute Gasteiger partial charge is 0.357 e. The van der Waals surface area contributed by atoms with Gasteiger partial charge in [0.2, 0.25) is 5.91 Å². The van der Waals surface area contributed by atoms with E-state index in [4.69, 9.17) is 0 Å². The van der Waals surface area contributed by atoms with Crippen molar-refractivity contribution in [1.29, 1.82) is 0 Å². The molecule has 2 aliphatic rings. The molecule has 0 radical (unpaired) electrons. The Morgan fingerprint density at radius 1 is 1.10 bits per heavy atom. The van der Waals surface area contributed by atoms with Crippen LogP contribution in [0.1, 0.15) is 44.1 Å². The molecule has 31 heavy (non-hydrogen) atoms. The zero-order chi connectivity index (χ0) is 21.7. The molecule has 2 fully saturated rings. The molecule has 2 saturated heterocycles. The molecular formula is C22H30N4O3S2. The summed E-state index contributed by atoms with van der Waals surface area (Å²) in [6.45, 7) is 3.20. The van der Waals surface area contributed by atoms with Gasteiger partial charge in [-0.05, 0) is 48.8 Å². The fourth-order valence-electron chi connectivity index (χ4n) is 4.25.